The number of allylic oxidation sites excluding steroid dienone is 1. The van der Waals surface area contributed by atoms with Crippen LogP contribution in [-0.4, -0.2) is 19.9 Å². The third-order valence-electron chi connectivity index (χ3n) is 7.48. The first-order valence-corrected chi connectivity index (χ1v) is 13.0. The number of carbonyl (C=O) groups is 1. The minimum absolute atomic E-state index is 0.0660. The molecule has 1 N–H and O–H groups in total. The molecular weight excluding hydrogens is 496 g/mol. The molecule has 0 aromatic heterocycles. The molecule has 6 rings (SSSR count). The maximum atomic E-state index is 13.7. The van der Waals surface area contributed by atoms with Gasteiger partial charge >= 0.3 is 0 Å². The van der Waals surface area contributed by atoms with Crippen LogP contribution < -0.4 is 10.2 Å². The van der Waals surface area contributed by atoms with E-state index in [2.05, 4.69) is 107 Å². The number of ketones is 1. The molecule has 0 spiro atoms. The maximum Gasteiger partial charge on any atom is 0.162 e. The van der Waals surface area contributed by atoms with Crippen LogP contribution in [0.5, 0.6) is 0 Å². The molecular formula is C31H29BrN2O. The van der Waals surface area contributed by atoms with Crippen LogP contribution in [0.1, 0.15) is 43.9 Å². The number of carbonyl (C=O) groups excluding carboxylic acids is 1. The molecule has 4 heteroatoms. The van der Waals surface area contributed by atoms with Gasteiger partial charge in [-0.1, -0.05) is 50.2 Å². The second-order valence-corrected chi connectivity index (χ2v) is 11.8. The van der Waals surface area contributed by atoms with Crippen LogP contribution in [0.15, 0.2) is 76.8 Å². The summed E-state index contributed by atoms with van der Waals surface area (Å²) < 4.78 is 1.03. The first-order valence-electron chi connectivity index (χ1n) is 12.2. The van der Waals surface area contributed by atoms with Gasteiger partial charge in [-0.25, -0.2) is 0 Å². The minimum Gasteiger partial charge on any atom is -0.377 e. The van der Waals surface area contributed by atoms with Crippen LogP contribution in [0.4, 0.5) is 11.4 Å². The van der Waals surface area contributed by atoms with Crippen molar-refractivity contribution < 1.29 is 4.79 Å². The van der Waals surface area contributed by atoms with E-state index in [9.17, 15) is 4.79 Å². The Hall–Kier alpha value is -3.11. The molecule has 1 unspecified atom stereocenters. The van der Waals surface area contributed by atoms with Crippen LogP contribution in [0, 0.1) is 5.41 Å². The van der Waals surface area contributed by atoms with E-state index < -0.39 is 0 Å². The van der Waals surface area contributed by atoms with Crippen LogP contribution in [-0.2, 0) is 4.79 Å². The maximum absolute atomic E-state index is 13.7. The summed E-state index contributed by atoms with van der Waals surface area (Å²) >= 11 is 3.75. The number of hydrogen-bond acceptors (Lipinski definition) is 3. The molecule has 1 aliphatic carbocycles. The van der Waals surface area contributed by atoms with Gasteiger partial charge in [-0.05, 0) is 90.8 Å². The fourth-order valence-corrected chi connectivity index (χ4v) is 6.65. The summed E-state index contributed by atoms with van der Waals surface area (Å²) in [4.78, 5) is 15.8. The SMILES string of the molecule is CN(C)c1ccc(C2Nc3ccc4cc5ccccc5cc4c3C3=C2C(=O)CC(C)(C)C3)cc1Br. The second-order valence-electron chi connectivity index (χ2n) is 10.9. The lowest BCUT2D eigenvalue weighted by Crippen LogP contribution is -2.33. The highest BCUT2D eigenvalue weighted by Gasteiger charge is 2.41. The lowest BCUT2D eigenvalue weighted by molar-refractivity contribution is -0.118. The lowest BCUT2D eigenvalue weighted by Gasteiger charge is -2.40. The highest BCUT2D eigenvalue weighted by molar-refractivity contribution is 9.10. The van der Waals surface area contributed by atoms with E-state index in [0.29, 0.717) is 6.42 Å². The summed E-state index contributed by atoms with van der Waals surface area (Å²) in [7, 11) is 4.08. The van der Waals surface area contributed by atoms with Crippen molar-refractivity contribution in [3.8, 4) is 0 Å². The van der Waals surface area contributed by atoms with Gasteiger partial charge in [0.25, 0.3) is 0 Å². The Morgan fingerprint density at radius 1 is 0.914 bits per heavy atom. The van der Waals surface area contributed by atoms with Crippen LogP contribution in [0.3, 0.4) is 0 Å². The monoisotopic (exact) mass is 524 g/mol. The third-order valence-corrected chi connectivity index (χ3v) is 8.12. The predicted molar refractivity (Wildman–Crippen MR) is 151 cm³/mol. The Balaban J connectivity index is 1.61. The van der Waals surface area contributed by atoms with Gasteiger partial charge in [-0.3, -0.25) is 4.79 Å². The molecule has 0 bridgehead atoms. The molecule has 0 radical (unpaired) electrons. The Labute approximate surface area is 215 Å². The van der Waals surface area contributed by atoms with Gasteiger partial charge in [0, 0.05) is 41.8 Å². The molecule has 176 valence electrons. The number of halogens is 1. The van der Waals surface area contributed by atoms with Gasteiger partial charge in [-0.2, -0.15) is 0 Å². The Kier molecular flexibility index (Phi) is 5.08. The first-order chi connectivity index (χ1) is 16.7. The van der Waals surface area contributed by atoms with Crippen molar-refractivity contribution in [2.24, 2.45) is 5.41 Å². The number of nitrogens with one attached hydrogen (secondary N) is 1. The Morgan fingerprint density at radius 2 is 1.66 bits per heavy atom. The summed E-state index contributed by atoms with van der Waals surface area (Å²) in [5.74, 6) is 0.255. The zero-order chi connectivity index (χ0) is 24.5. The minimum atomic E-state index is -0.161. The largest absolute Gasteiger partial charge is 0.377 e. The number of Topliss-reactive ketones (excluding diaryl/α,β-unsaturated/α-hetero) is 1. The number of rotatable bonds is 2. The van der Waals surface area contributed by atoms with E-state index in [-0.39, 0.29) is 17.2 Å². The van der Waals surface area contributed by atoms with E-state index in [1.54, 1.807) is 0 Å². The van der Waals surface area contributed by atoms with Crippen molar-refractivity contribution in [2.45, 2.75) is 32.7 Å². The third kappa shape index (κ3) is 3.66. The summed E-state index contributed by atoms with van der Waals surface area (Å²) in [6, 6.07) is 23.7. The fourth-order valence-electron chi connectivity index (χ4n) is 5.90. The molecule has 0 amide bonds. The second kappa shape index (κ2) is 7.96. The predicted octanol–water partition coefficient (Wildman–Crippen LogP) is 8.13. The number of benzene rings is 4. The molecule has 0 fully saturated rings. The topological polar surface area (TPSA) is 32.3 Å². The van der Waals surface area contributed by atoms with Crippen molar-refractivity contribution in [2.75, 3.05) is 24.3 Å². The van der Waals surface area contributed by atoms with Crippen molar-refractivity contribution in [3.63, 3.8) is 0 Å². The van der Waals surface area contributed by atoms with Gasteiger partial charge in [0.15, 0.2) is 5.78 Å². The lowest BCUT2D eigenvalue weighted by atomic mass is 9.68. The molecule has 3 nitrogen and oxygen atoms in total. The Bertz CT molecular complexity index is 1560. The normalized spacial score (nSPS) is 18.9. The average molecular weight is 525 g/mol. The smallest absolute Gasteiger partial charge is 0.162 e. The van der Waals surface area contributed by atoms with Gasteiger partial charge in [0.2, 0.25) is 0 Å². The van der Waals surface area contributed by atoms with E-state index in [0.717, 1.165) is 33.4 Å². The Morgan fingerprint density at radius 3 is 2.37 bits per heavy atom. The quantitative estimate of drug-likeness (QED) is 0.268. The summed E-state index contributed by atoms with van der Waals surface area (Å²) in [6.45, 7) is 4.43. The van der Waals surface area contributed by atoms with Gasteiger partial charge in [0.05, 0.1) is 11.7 Å². The van der Waals surface area contributed by atoms with Crippen molar-refractivity contribution in [1.82, 2.24) is 0 Å². The van der Waals surface area contributed by atoms with E-state index in [1.165, 1.54) is 32.7 Å². The molecule has 4 aromatic carbocycles. The van der Waals surface area contributed by atoms with Crippen LogP contribution in [0.25, 0.3) is 27.1 Å². The average Bonchev–Trinajstić information content (AvgIpc) is 2.80. The van der Waals surface area contributed by atoms with Crippen molar-refractivity contribution >= 4 is 60.2 Å². The number of fused-ring (bicyclic) bond motifs is 5. The number of anilines is 2. The molecule has 1 atom stereocenters. The molecule has 4 aromatic rings. The molecule has 2 aliphatic rings. The summed E-state index contributed by atoms with van der Waals surface area (Å²) in [6.07, 6.45) is 1.46. The standard InChI is InChI=1S/C31H29BrN2O/c1-31(2)16-23-28-22-14-19-8-6-5-7-18(19)13-20(22)9-11-25(28)33-30(29(23)27(35)17-31)21-10-12-26(34(3)4)24(32)15-21/h5-15,30,33H,16-17H2,1-4H3. The van der Waals surface area contributed by atoms with E-state index >= 15 is 0 Å². The van der Waals surface area contributed by atoms with Gasteiger partial charge in [0.1, 0.15) is 0 Å². The zero-order valence-electron chi connectivity index (χ0n) is 20.6. The van der Waals surface area contributed by atoms with Crippen molar-refractivity contribution in [1.29, 1.82) is 0 Å². The zero-order valence-corrected chi connectivity index (χ0v) is 22.2. The van der Waals surface area contributed by atoms with Gasteiger partial charge < -0.3 is 10.2 Å². The highest BCUT2D eigenvalue weighted by atomic mass is 79.9. The van der Waals surface area contributed by atoms with Crippen molar-refractivity contribution in [3.05, 3.63) is 87.9 Å². The van der Waals surface area contributed by atoms with E-state index in [4.69, 9.17) is 0 Å². The number of hydrogen-bond donors (Lipinski definition) is 1. The summed E-state index contributed by atoms with van der Waals surface area (Å²) in [5, 5.41) is 8.66. The molecule has 1 heterocycles. The first kappa shape index (κ1) is 22.4. The molecule has 0 saturated carbocycles. The summed E-state index contributed by atoms with van der Waals surface area (Å²) in [5.41, 5.74) is 6.60. The van der Waals surface area contributed by atoms with E-state index in [1.807, 2.05) is 14.1 Å². The van der Waals surface area contributed by atoms with Gasteiger partial charge in [-0.15, -0.1) is 0 Å². The molecule has 35 heavy (non-hydrogen) atoms. The highest BCUT2D eigenvalue weighted by Crippen LogP contribution is 2.52. The molecule has 0 saturated heterocycles. The van der Waals surface area contributed by atoms with Crippen LogP contribution in [0.2, 0.25) is 0 Å². The number of nitrogens with zero attached hydrogens (tertiary/aromatic N) is 1. The van der Waals surface area contributed by atoms with Crippen LogP contribution >= 0.6 is 15.9 Å². The fraction of sp³-hybridized carbons (Fsp3) is 0.258. The molecule has 1 aliphatic heterocycles.